The molecule has 0 heterocycles. The number of rotatable bonds is 4. The van der Waals surface area contributed by atoms with Crippen molar-refractivity contribution in [3.63, 3.8) is 0 Å². The molecule has 1 aromatic rings. The summed E-state index contributed by atoms with van der Waals surface area (Å²) in [5, 5.41) is 9.15. The van der Waals surface area contributed by atoms with Crippen molar-refractivity contribution in [3.8, 4) is 0 Å². The first kappa shape index (κ1) is 15.5. The van der Waals surface area contributed by atoms with E-state index in [2.05, 4.69) is 11.6 Å². The molecular weight excluding hydrogens is 274 g/mol. The normalized spacial score (nSPS) is 23.8. The van der Waals surface area contributed by atoms with Crippen LogP contribution in [0.4, 0.5) is 0 Å². The van der Waals surface area contributed by atoms with E-state index < -0.39 is 10.0 Å². The highest BCUT2D eigenvalue weighted by Crippen LogP contribution is 2.25. The average molecular weight is 297 g/mol. The number of benzene rings is 1. The standard InChI is InChI=1S/C15H23NO3S/c1-11-3-7-14(8-4-11)16-20(18,19)15-9-13(10-17)6-5-12(15)2/h5-6,9,11,14,16-17H,3-4,7-8,10H2,1-2H3. The van der Waals surface area contributed by atoms with E-state index in [4.69, 9.17) is 5.11 Å². The van der Waals surface area contributed by atoms with E-state index >= 15 is 0 Å². The van der Waals surface area contributed by atoms with Crippen molar-refractivity contribution in [3.05, 3.63) is 29.3 Å². The molecule has 0 aromatic heterocycles. The molecule has 0 saturated heterocycles. The summed E-state index contributed by atoms with van der Waals surface area (Å²) in [5.41, 5.74) is 1.33. The van der Waals surface area contributed by atoms with E-state index in [1.54, 1.807) is 25.1 Å². The van der Waals surface area contributed by atoms with Gasteiger partial charge in [-0.05, 0) is 55.7 Å². The summed E-state index contributed by atoms with van der Waals surface area (Å²) in [6, 6.07) is 5.08. The third kappa shape index (κ3) is 3.59. The van der Waals surface area contributed by atoms with Crippen LogP contribution >= 0.6 is 0 Å². The Hall–Kier alpha value is -0.910. The minimum absolute atomic E-state index is 0.0355. The smallest absolute Gasteiger partial charge is 0.241 e. The lowest BCUT2D eigenvalue weighted by atomic mass is 9.88. The van der Waals surface area contributed by atoms with Gasteiger partial charge in [-0.2, -0.15) is 0 Å². The van der Waals surface area contributed by atoms with E-state index in [1.165, 1.54) is 0 Å². The Balaban J connectivity index is 2.18. The van der Waals surface area contributed by atoms with E-state index in [0.717, 1.165) is 25.7 Å². The van der Waals surface area contributed by atoms with E-state index in [9.17, 15) is 8.42 Å². The fourth-order valence-corrected chi connectivity index (χ4v) is 4.29. The molecule has 0 atom stereocenters. The van der Waals surface area contributed by atoms with Gasteiger partial charge >= 0.3 is 0 Å². The minimum atomic E-state index is -3.50. The fourth-order valence-electron chi connectivity index (χ4n) is 2.69. The van der Waals surface area contributed by atoms with Crippen molar-refractivity contribution in [2.75, 3.05) is 0 Å². The topological polar surface area (TPSA) is 66.4 Å². The Morgan fingerprint density at radius 2 is 1.90 bits per heavy atom. The number of aliphatic hydroxyl groups is 1. The Kier molecular flexibility index (Phi) is 4.83. The zero-order valence-corrected chi connectivity index (χ0v) is 12.9. The van der Waals surface area contributed by atoms with Crippen LogP contribution in [0.3, 0.4) is 0 Å². The zero-order valence-electron chi connectivity index (χ0n) is 12.1. The molecular formula is C15H23NO3S. The first-order chi connectivity index (χ1) is 9.42. The van der Waals surface area contributed by atoms with E-state index in [-0.39, 0.29) is 17.5 Å². The number of hydrogen-bond donors (Lipinski definition) is 2. The molecule has 2 rings (SSSR count). The highest BCUT2D eigenvalue weighted by atomic mass is 32.2. The summed E-state index contributed by atoms with van der Waals surface area (Å²) in [6.45, 7) is 3.84. The van der Waals surface area contributed by atoms with Crippen LogP contribution in [0.5, 0.6) is 0 Å². The number of nitrogens with one attached hydrogen (secondary N) is 1. The lowest BCUT2D eigenvalue weighted by molar-refractivity contribution is 0.281. The predicted octanol–water partition coefficient (Wildman–Crippen LogP) is 2.34. The van der Waals surface area contributed by atoms with Crippen LogP contribution in [-0.2, 0) is 16.6 Å². The second-order valence-corrected chi connectivity index (χ2v) is 7.52. The van der Waals surface area contributed by atoms with Crippen molar-refractivity contribution in [2.24, 2.45) is 5.92 Å². The van der Waals surface area contributed by atoms with Gasteiger partial charge in [-0.25, -0.2) is 13.1 Å². The molecule has 1 aliphatic carbocycles. The third-order valence-electron chi connectivity index (χ3n) is 4.06. The maximum Gasteiger partial charge on any atom is 0.241 e. The van der Waals surface area contributed by atoms with Crippen LogP contribution in [0.2, 0.25) is 0 Å². The molecule has 5 heteroatoms. The van der Waals surface area contributed by atoms with Crippen molar-refractivity contribution in [1.82, 2.24) is 4.72 Å². The van der Waals surface area contributed by atoms with Crippen LogP contribution in [0.15, 0.2) is 23.1 Å². The van der Waals surface area contributed by atoms with Gasteiger partial charge in [-0.1, -0.05) is 19.1 Å². The number of hydrogen-bond acceptors (Lipinski definition) is 3. The SMILES string of the molecule is Cc1ccc(CO)cc1S(=O)(=O)NC1CCC(C)CC1. The second-order valence-electron chi connectivity index (χ2n) is 5.84. The van der Waals surface area contributed by atoms with Crippen LogP contribution in [0, 0.1) is 12.8 Å². The lowest BCUT2D eigenvalue weighted by Crippen LogP contribution is -2.37. The Morgan fingerprint density at radius 3 is 2.50 bits per heavy atom. The quantitative estimate of drug-likeness (QED) is 0.896. The Labute approximate surface area is 121 Å². The molecule has 0 amide bonds. The van der Waals surface area contributed by atoms with Crippen molar-refractivity contribution in [1.29, 1.82) is 0 Å². The van der Waals surface area contributed by atoms with Gasteiger partial charge in [-0.3, -0.25) is 0 Å². The average Bonchev–Trinajstić information content (AvgIpc) is 2.41. The van der Waals surface area contributed by atoms with Crippen LogP contribution in [-0.4, -0.2) is 19.6 Å². The minimum Gasteiger partial charge on any atom is -0.392 e. The summed E-state index contributed by atoms with van der Waals surface area (Å²) in [5.74, 6) is 0.690. The summed E-state index contributed by atoms with van der Waals surface area (Å²) < 4.78 is 27.8. The fraction of sp³-hybridized carbons (Fsp3) is 0.600. The summed E-state index contributed by atoms with van der Waals surface area (Å²) >= 11 is 0. The summed E-state index contributed by atoms with van der Waals surface area (Å²) in [7, 11) is -3.50. The monoisotopic (exact) mass is 297 g/mol. The summed E-state index contributed by atoms with van der Waals surface area (Å²) in [4.78, 5) is 0.280. The van der Waals surface area contributed by atoms with Gasteiger partial charge < -0.3 is 5.11 Å². The van der Waals surface area contributed by atoms with Crippen LogP contribution in [0.1, 0.15) is 43.7 Å². The number of sulfonamides is 1. The van der Waals surface area contributed by atoms with Gasteiger partial charge in [0.1, 0.15) is 0 Å². The molecule has 1 aromatic carbocycles. The van der Waals surface area contributed by atoms with Gasteiger partial charge in [-0.15, -0.1) is 0 Å². The van der Waals surface area contributed by atoms with Crippen molar-refractivity contribution < 1.29 is 13.5 Å². The summed E-state index contributed by atoms with van der Waals surface area (Å²) in [6.07, 6.45) is 3.95. The Morgan fingerprint density at radius 1 is 1.25 bits per heavy atom. The maximum atomic E-state index is 12.5. The highest BCUT2D eigenvalue weighted by Gasteiger charge is 2.25. The van der Waals surface area contributed by atoms with Gasteiger partial charge in [0.05, 0.1) is 11.5 Å². The molecule has 1 aliphatic rings. The number of aliphatic hydroxyl groups excluding tert-OH is 1. The largest absolute Gasteiger partial charge is 0.392 e. The van der Waals surface area contributed by atoms with Crippen molar-refractivity contribution in [2.45, 2.75) is 57.1 Å². The molecule has 1 saturated carbocycles. The maximum absolute atomic E-state index is 12.5. The van der Waals surface area contributed by atoms with E-state index in [1.807, 2.05) is 0 Å². The molecule has 112 valence electrons. The van der Waals surface area contributed by atoms with Gasteiger partial charge in [0.15, 0.2) is 0 Å². The molecule has 4 nitrogen and oxygen atoms in total. The predicted molar refractivity (Wildman–Crippen MR) is 78.8 cm³/mol. The van der Waals surface area contributed by atoms with Crippen LogP contribution < -0.4 is 4.72 Å². The highest BCUT2D eigenvalue weighted by molar-refractivity contribution is 7.89. The molecule has 1 fully saturated rings. The van der Waals surface area contributed by atoms with E-state index in [0.29, 0.717) is 17.0 Å². The van der Waals surface area contributed by atoms with Gasteiger partial charge in [0, 0.05) is 6.04 Å². The molecule has 2 N–H and O–H groups in total. The van der Waals surface area contributed by atoms with Gasteiger partial charge in [0.2, 0.25) is 10.0 Å². The molecule has 0 unspecified atom stereocenters. The zero-order chi connectivity index (χ0) is 14.8. The first-order valence-electron chi connectivity index (χ1n) is 7.15. The van der Waals surface area contributed by atoms with Crippen molar-refractivity contribution >= 4 is 10.0 Å². The molecule has 0 radical (unpaired) electrons. The second kappa shape index (κ2) is 6.24. The molecule has 0 spiro atoms. The van der Waals surface area contributed by atoms with Crippen LogP contribution in [0.25, 0.3) is 0 Å². The number of aryl methyl sites for hydroxylation is 1. The van der Waals surface area contributed by atoms with Gasteiger partial charge in [0.25, 0.3) is 0 Å². The molecule has 0 aliphatic heterocycles. The molecule has 20 heavy (non-hydrogen) atoms. The molecule has 0 bridgehead atoms. The third-order valence-corrected chi connectivity index (χ3v) is 5.72. The lowest BCUT2D eigenvalue weighted by Gasteiger charge is -2.27. The Bertz CT molecular complexity index is 560. The first-order valence-corrected chi connectivity index (χ1v) is 8.63.